The fourth-order valence-electron chi connectivity index (χ4n) is 3.34. The second kappa shape index (κ2) is 10.5. The first kappa shape index (κ1) is 22.2. The number of benzene rings is 2. The molecule has 30 heavy (non-hydrogen) atoms. The number of nitrogens with zero attached hydrogens (tertiary/aromatic N) is 1. The van der Waals surface area contributed by atoms with Crippen molar-refractivity contribution in [2.75, 3.05) is 31.6 Å². The highest BCUT2D eigenvalue weighted by atomic mass is 79.9. The maximum absolute atomic E-state index is 12.7. The molecule has 0 saturated carbocycles. The lowest BCUT2D eigenvalue weighted by atomic mass is 10.1. The molecule has 2 aromatic carbocycles. The highest BCUT2D eigenvalue weighted by molar-refractivity contribution is 9.10. The average molecular weight is 475 g/mol. The number of nitrogens with one attached hydrogen (secondary N) is 1. The predicted molar refractivity (Wildman–Crippen MR) is 120 cm³/mol. The van der Waals surface area contributed by atoms with Gasteiger partial charge in [-0.15, -0.1) is 0 Å². The van der Waals surface area contributed by atoms with Crippen LogP contribution in [-0.4, -0.2) is 43.0 Å². The van der Waals surface area contributed by atoms with E-state index in [1.54, 1.807) is 18.2 Å². The summed E-state index contributed by atoms with van der Waals surface area (Å²) >= 11 is 3.46. The van der Waals surface area contributed by atoms with Crippen molar-refractivity contribution in [2.45, 2.75) is 33.1 Å². The van der Waals surface area contributed by atoms with Crippen molar-refractivity contribution < 1.29 is 19.1 Å². The van der Waals surface area contributed by atoms with E-state index >= 15 is 0 Å². The third kappa shape index (κ3) is 5.75. The molecule has 0 atom stereocenters. The molecule has 1 saturated heterocycles. The van der Waals surface area contributed by atoms with Gasteiger partial charge >= 0.3 is 0 Å². The Bertz CT molecular complexity index is 910. The Hall–Kier alpha value is -2.54. The number of halogens is 1. The predicted octanol–water partition coefficient (Wildman–Crippen LogP) is 4.80. The molecule has 0 unspecified atom stereocenters. The summed E-state index contributed by atoms with van der Waals surface area (Å²) in [5.41, 5.74) is 2.20. The third-order valence-corrected chi connectivity index (χ3v) is 5.87. The number of carbonyl (C=O) groups is 2. The number of piperidine rings is 1. The van der Waals surface area contributed by atoms with Crippen LogP contribution in [0.2, 0.25) is 0 Å². The van der Waals surface area contributed by atoms with Crippen molar-refractivity contribution >= 4 is 33.4 Å². The van der Waals surface area contributed by atoms with Crippen LogP contribution in [-0.2, 0) is 4.79 Å². The zero-order chi connectivity index (χ0) is 21.5. The zero-order valence-electron chi connectivity index (χ0n) is 17.4. The normalized spacial score (nSPS) is 13.6. The molecule has 3 rings (SSSR count). The fraction of sp³-hybridized carbons (Fsp3) is 0.391. The molecule has 1 N–H and O–H groups in total. The van der Waals surface area contributed by atoms with Gasteiger partial charge in [0.2, 0.25) is 0 Å². The first-order valence-corrected chi connectivity index (χ1v) is 11.0. The summed E-state index contributed by atoms with van der Waals surface area (Å²) < 4.78 is 12.4. The molecule has 2 aromatic rings. The number of likely N-dealkylation sites (tertiary alicyclic amines) is 1. The van der Waals surface area contributed by atoms with Crippen molar-refractivity contribution in [2.24, 2.45) is 0 Å². The van der Waals surface area contributed by atoms with Crippen LogP contribution in [0.5, 0.6) is 11.5 Å². The molecule has 0 aromatic heterocycles. The first-order chi connectivity index (χ1) is 14.5. The minimum absolute atomic E-state index is 0.0235. The lowest BCUT2D eigenvalue weighted by molar-refractivity contribution is -0.134. The Morgan fingerprint density at radius 1 is 1.03 bits per heavy atom. The maximum atomic E-state index is 12.7. The smallest absolute Gasteiger partial charge is 0.260 e. The molecule has 1 aliphatic rings. The van der Waals surface area contributed by atoms with E-state index in [0.29, 0.717) is 29.4 Å². The monoisotopic (exact) mass is 474 g/mol. The van der Waals surface area contributed by atoms with Crippen LogP contribution >= 0.6 is 15.9 Å². The zero-order valence-corrected chi connectivity index (χ0v) is 19.0. The molecular formula is C23H27BrN2O4. The Kier molecular flexibility index (Phi) is 7.74. The Morgan fingerprint density at radius 3 is 2.50 bits per heavy atom. The van der Waals surface area contributed by atoms with Crippen LogP contribution in [0.4, 0.5) is 5.69 Å². The fourth-order valence-corrected chi connectivity index (χ4v) is 3.58. The van der Waals surface area contributed by atoms with Crippen LogP contribution in [0, 0.1) is 6.92 Å². The minimum atomic E-state index is -0.242. The van der Waals surface area contributed by atoms with Gasteiger partial charge < -0.3 is 19.7 Å². The van der Waals surface area contributed by atoms with Gasteiger partial charge in [-0.2, -0.15) is 0 Å². The van der Waals surface area contributed by atoms with E-state index in [4.69, 9.17) is 9.47 Å². The Labute approximate surface area is 185 Å². The van der Waals surface area contributed by atoms with Gasteiger partial charge in [0.1, 0.15) is 0 Å². The Morgan fingerprint density at radius 2 is 1.80 bits per heavy atom. The summed E-state index contributed by atoms with van der Waals surface area (Å²) in [7, 11) is 0. The number of hydrogen-bond acceptors (Lipinski definition) is 4. The average Bonchev–Trinajstić information content (AvgIpc) is 2.76. The van der Waals surface area contributed by atoms with Crippen molar-refractivity contribution in [3.63, 3.8) is 0 Å². The van der Waals surface area contributed by atoms with E-state index in [9.17, 15) is 9.59 Å². The molecule has 160 valence electrons. The van der Waals surface area contributed by atoms with E-state index in [1.165, 1.54) is 6.42 Å². The number of aryl methyl sites for hydroxylation is 1. The molecule has 7 heteroatoms. The van der Waals surface area contributed by atoms with Crippen LogP contribution in [0.3, 0.4) is 0 Å². The number of hydrogen-bond donors (Lipinski definition) is 1. The van der Waals surface area contributed by atoms with Crippen LogP contribution in [0.25, 0.3) is 0 Å². The van der Waals surface area contributed by atoms with Gasteiger partial charge in [0.05, 0.1) is 6.61 Å². The van der Waals surface area contributed by atoms with E-state index in [1.807, 2.05) is 36.9 Å². The van der Waals surface area contributed by atoms with Gasteiger partial charge in [0.15, 0.2) is 18.1 Å². The molecule has 0 bridgehead atoms. The molecular weight excluding hydrogens is 448 g/mol. The summed E-state index contributed by atoms with van der Waals surface area (Å²) in [4.78, 5) is 26.9. The summed E-state index contributed by atoms with van der Waals surface area (Å²) in [5.74, 6) is 0.639. The Balaban J connectivity index is 1.68. The molecule has 1 heterocycles. The summed E-state index contributed by atoms with van der Waals surface area (Å²) in [6, 6.07) is 10.6. The molecule has 0 aliphatic carbocycles. The van der Waals surface area contributed by atoms with Gasteiger partial charge in [0.25, 0.3) is 11.8 Å². The number of ether oxygens (including phenoxy) is 2. The van der Waals surface area contributed by atoms with Gasteiger partial charge in [-0.3, -0.25) is 9.59 Å². The number of rotatable bonds is 7. The molecule has 0 spiro atoms. The van der Waals surface area contributed by atoms with Gasteiger partial charge in [-0.25, -0.2) is 0 Å². The van der Waals surface area contributed by atoms with Crippen LogP contribution in [0.1, 0.15) is 42.1 Å². The number of anilines is 1. The number of amides is 2. The van der Waals surface area contributed by atoms with Crippen molar-refractivity contribution in [1.82, 2.24) is 4.90 Å². The summed E-state index contributed by atoms with van der Waals surface area (Å²) in [5, 5.41) is 2.89. The van der Waals surface area contributed by atoms with E-state index in [2.05, 4.69) is 21.2 Å². The molecule has 6 nitrogen and oxygen atoms in total. The minimum Gasteiger partial charge on any atom is -0.490 e. The highest BCUT2D eigenvalue weighted by Gasteiger charge is 2.18. The van der Waals surface area contributed by atoms with Crippen LogP contribution in [0.15, 0.2) is 40.9 Å². The molecule has 1 aliphatic heterocycles. The second-order valence-electron chi connectivity index (χ2n) is 7.24. The maximum Gasteiger partial charge on any atom is 0.260 e. The van der Waals surface area contributed by atoms with Crippen molar-refractivity contribution in [3.05, 3.63) is 52.0 Å². The van der Waals surface area contributed by atoms with Crippen molar-refractivity contribution in [1.29, 1.82) is 0 Å². The second-order valence-corrected chi connectivity index (χ2v) is 8.10. The molecule has 0 radical (unpaired) electrons. The van der Waals surface area contributed by atoms with E-state index < -0.39 is 0 Å². The lowest BCUT2D eigenvalue weighted by Gasteiger charge is -2.26. The van der Waals surface area contributed by atoms with Gasteiger partial charge in [-0.05, 0) is 75.1 Å². The SMILES string of the molecule is CCOc1cc(C(=O)Nc2ccc(Br)c(C)c2)ccc1OCC(=O)N1CCCCC1. The lowest BCUT2D eigenvalue weighted by Crippen LogP contribution is -2.38. The van der Waals surface area contributed by atoms with Gasteiger partial charge in [-0.1, -0.05) is 15.9 Å². The van der Waals surface area contributed by atoms with E-state index in [0.717, 1.165) is 36.0 Å². The van der Waals surface area contributed by atoms with Crippen molar-refractivity contribution in [3.8, 4) is 11.5 Å². The van der Waals surface area contributed by atoms with Crippen LogP contribution < -0.4 is 14.8 Å². The summed E-state index contributed by atoms with van der Waals surface area (Å²) in [6.45, 7) is 5.78. The topological polar surface area (TPSA) is 67.9 Å². The third-order valence-electron chi connectivity index (χ3n) is 4.98. The van der Waals surface area contributed by atoms with E-state index in [-0.39, 0.29) is 18.4 Å². The molecule has 1 fully saturated rings. The first-order valence-electron chi connectivity index (χ1n) is 10.2. The number of carbonyl (C=O) groups excluding carboxylic acids is 2. The largest absolute Gasteiger partial charge is 0.490 e. The van der Waals surface area contributed by atoms with Gasteiger partial charge in [0, 0.05) is 28.8 Å². The standard InChI is InChI=1S/C23H27BrN2O4/c1-3-29-21-14-17(23(28)25-18-8-9-19(24)16(2)13-18)7-10-20(21)30-15-22(27)26-11-5-4-6-12-26/h7-10,13-14H,3-6,11-12,15H2,1-2H3,(H,25,28). The molecule has 2 amide bonds. The summed E-state index contributed by atoms with van der Waals surface area (Å²) in [6.07, 6.45) is 3.25. The quantitative estimate of drug-likeness (QED) is 0.625. The highest BCUT2D eigenvalue weighted by Crippen LogP contribution is 2.29.